The van der Waals surface area contributed by atoms with Gasteiger partial charge in [0.1, 0.15) is 0 Å². The molecule has 1 fully saturated rings. The molecule has 0 amide bonds. The van der Waals surface area contributed by atoms with Crippen LogP contribution in [0.15, 0.2) is 0 Å². The average Bonchev–Trinajstić information content (AvgIpc) is 2.09. The van der Waals surface area contributed by atoms with E-state index < -0.39 is 0 Å². The summed E-state index contributed by atoms with van der Waals surface area (Å²) in [6.07, 6.45) is 3.83. The molecule has 2 heteroatoms. The minimum Gasteiger partial charge on any atom is -0.330 e. The second-order valence-corrected chi connectivity index (χ2v) is 4.30. The third kappa shape index (κ3) is 1.99. The molecule has 1 saturated carbocycles. The second-order valence-electron chi connectivity index (χ2n) is 4.30. The molecule has 1 aliphatic rings. The van der Waals surface area contributed by atoms with E-state index in [1.165, 1.54) is 19.3 Å². The number of nitrogens with two attached hydrogens (primary N) is 2. The zero-order chi connectivity index (χ0) is 9.14. The molecule has 0 aromatic carbocycles. The summed E-state index contributed by atoms with van der Waals surface area (Å²) < 4.78 is 0. The molecule has 72 valence electrons. The molecule has 0 bridgehead atoms. The Balaban J connectivity index is 2.52. The first kappa shape index (κ1) is 10.0. The molecular weight excluding hydrogens is 148 g/mol. The molecule has 4 unspecified atom stereocenters. The molecule has 0 saturated heterocycles. The summed E-state index contributed by atoms with van der Waals surface area (Å²) in [7, 11) is 0. The fourth-order valence-electron chi connectivity index (χ4n) is 2.42. The Labute approximate surface area is 75.7 Å². The van der Waals surface area contributed by atoms with Crippen molar-refractivity contribution >= 4 is 0 Å². The fraction of sp³-hybridized carbons (Fsp3) is 1.00. The van der Waals surface area contributed by atoms with Crippen molar-refractivity contribution < 1.29 is 0 Å². The lowest BCUT2D eigenvalue weighted by Gasteiger charge is -2.37. The molecule has 0 radical (unpaired) electrons. The Morgan fingerprint density at radius 1 is 1.33 bits per heavy atom. The van der Waals surface area contributed by atoms with Gasteiger partial charge in [0.2, 0.25) is 0 Å². The standard InChI is InChI=1S/C10H22N2/c1-3-8-4-7(2)10(12)9(5-8)6-11/h7-10H,3-6,11-12H2,1-2H3. The lowest BCUT2D eigenvalue weighted by molar-refractivity contribution is 0.173. The normalized spacial score (nSPS) is 43.0. The average molecular weight is 170 g/mol. The van der Waals surface area contributed by atoms with Gasteiger partial charge in [-0.25, -0.2) is 0 Å². The van der Waals surface area contributed by atoms with Gasteiger partial charge in [-0.05, 0) is 37.1 Å². The number of rotatable bonds is 2. The van der Waals surface area contributed by atoms with Crippen LogP contribution >= 0.6 is 0 Å². The van der Waals surface area contributed by atoms with Gasteiger partial charge in [-0.15, -0.1) is 0 Å². The summed E-state index contributed by atoms with van der Waals surface area (Å²) in [5.74, 6) is 2.10. The molecule has 0 spiro atoms. The van der Waals surface area contributed by atoms with E-state index in [1.807, 2.05) is 0 Å². The maximum atomic E-state index is 6.07. The van der Waals surface area contributed by atoms with Crippen molar-refractivity contribution in [1.29, 1.82) is 0 Å². The van der Waals surface area contributed by atoms with E-state index in [2.05, 4.69) is 13.8 Å². The molecule has 2 nitrogen and oxygen atoms in total. The van der Waals surface area contributed by atoms with Crippen LogP contribution in [0.25, 0.3) is 0 Å². The minimum atomic E-state index is 0.345. The van der Waals surface area contributed by atoms with Gasteiger partial charge in [-0.1, -0.05) is 20.3 Å². The largest absolute Gasteiger partial charge is 0.330 e. The number of hydrogen-bond donors (Lipinski definition) is 2. The van der Waals surface area contributed by atoms with Gasteiger partial charge in [0.15, 0.2) is 0 Å². The van der Waals surface area contributed by atoms with Crippen molar-refractivity contribution in [3.8, 4) is 0 Å². The van der Waals surface area contributed by atoms with Crippen molar-refractivity contribution in [3.05, 3.63) is 0 Å². The van der Waals surface area contributed by atoms with Crippen LogP contribution in [0.5, 0.6) is 0 Å². The van der Waals surface area contributed by atoms with Gasteiger partial charge in [0.25, 0.3) is 0 Å². The summed E-state index contributed by atoms with van der Waals surface area (Å²) in [5, 5.41) is 0. The van der Waals surface area contributed by atoms with E-state index in [0.717, 1.165) is 12.5 Å². The summed E-state index contributed by atoms with van der Waals surface area (Å²) in [6, 6.07) is 0.345. The van der Waals surface area contributed by atoms with E-state index >= 15 is 0 Å². The third-order valence-corrected chi connectivity index (χ3v) is 3.42. The highest BCUT2D eigenvalue weighted by atomic mass is 14.7. The maximum absolute atomic E-state index is 6.07. The van der Waals surface area contributed by atoms with E-state index in [-0.39, 0.29) is 0 Å². The highest BCUT2D eigenvalue weighted by Crippen LogP contribution is 2.33. The topological polar surface area (TPSA) is 52.0 Å². The van der Waals surface area contributed by atoms with Crippen LogP contribution in [0, 0.1) is 17.8 Å². The Bertz CT molecular complexity index is 136. The Morgan fingerprint density at radius 2 is 2.00 bits per heavy atom. The predicted molar refractivity (Wildman–Crippen MR) is 52.7 cm³/mol. The lowest BCUT2D eigenvalue weighted by atomic mass is 9.72. The van der Waals surface area contributed by atoms with Crippen molar-refractivity contribution in [2.24, 2.45) is 29.2 Å². The molecule has 4 atom stereocenters. The fourth-order valence-corrected chi connectivity index (χ4v) is 2.42. The Hall–Kier alpha value is -0.0800. The summed E-state index contributed by atoms with van der Waals surface area (Å²) in [4.78, 5) is 0. The van der Waals surface area contributed by atoms with Gasteiger partial charge in [-0.2, -0.15) is 0 Å². The van der Waals surface area contributed by atoms with Crippen molar-refractivity contribution in [2.75, 3.05) is 6.54 Å². The molecule has 0 aromatic heterocycles. The molecule has 0 aliphatic heterocycles. The van der Waals surface area contributed by atoms with Crippen LogP contribution in [-0.2, 0) is 0 Å². The molecule has 1 aliphatic carbocycles. The molecule has 0 heterocycles. The first-order valence-corrected chi connectivity index (χ1v) is 5.14. The van der Waals surface area contributed by atoms with Crippen LogP contribution in [0.4, 0.5) is 0 Å². The van der Waals surface area contributed by atoms with Gasteiger partial charge in [0, 0.05) is 6.04 Å². The first-order chi connectivity index (χ1) is 5.69. The summed E-state index contributed by atoms with van der Waals surface area (Å²) >= 11 is 0. The molecule has 4 N–H and O–H groups in total. The van der Waals surface area contributed by atoms with E-state index in [1.54, 1.807) is 0 Å². The van der Waals surface area contributed by atoms with Crippen molar-refractivity contribution in [3.63, 3.8) is 0 Å². The van der Waals surface area contributed by atoms with E-state index in [0.29, 0.717) is 17.9 Å². The SMILES string of the molecule is CCC1CC(C)C(N)C(CN)C1. The van der Waals surface area contributed by atoms with Crippen LogP contribution < -0.4 is 11.5 Å². The second kappa shape index (κ2) is 4.24. The van der Waals surface area contributed by atoms with Gasteiger partial charge in [-0.3, -0.25) is 0 Å². The van der Waals surface area contributed by atoms with Gasteiger partial charge >= 0.3 is 0 Å². The maximum Gasteiger partial charge on any atom is 0.0105 e. The molecule has 0 aromatic rings. The zero-order valence-corrected chi connectivity index (χ0v) is 8.29. The van der Waals surface area contributed by atoms with Crippen LogP contribution in [-0.4, -0.2) is 12.6 Å². The molecule has 12 heavy (non-hydrogen) atoms. The highest BCUT2D eigenvalue weighted by molar-refractivity contribution is 4.86. The Morgan fingerprint density at radius 3 is 2.50 bits per heavy atom. The van der Waals surface area contributed by atoms with E-state index in [9.17, 15) is 0 Å². The van der Waals surface area contributed by atoms with Gasteiger partial charge in [0.05, 0.1) is 0 Å². The van der Waals surface area contributed by atoms with Crippen LogP contribution in [0.3, 0.4) is 0 Å². The highest BCUT2D eigenvalue weighted by Gasteiger charge is 2.31. The number of hydrogen-bond acceptors (Lipinski definition) is 2. The zero-order valence-electron chi connectivity index (χ0n) is 8.29. The smallest absolute Gasteiger partial charge is 0.0105 e. The lowest BCUT2D eigenvalue weighted by Crippen LogP contribution is -2.45. The van der Waals surface area contributed by atoms with Crippen LogP contribution in [0.1, 0.15) is 33.1 Å². The summed E-state index contributed by atoms with van der Waals surface area (Å²) in [5.41, 5.74) is 11.8. The monoisotopic (exact) mass is 170 g/mol. The predicted octanol–water partition coefficient (Wildman–Crippen LogP) is 1.34. The summed E-state index contributed by atoms with van der Waals surface area (Å²) in [6.45, 7) is 5.29. The van der Waals surface area contributed by atoms with Crippen molar-refractivity contribution in [1.82, 2.24) is 0 Å². The molecule has 1 rings (SSSR count). The molecular formula is C10H22N2. The van der Waals surface area contributed by atoms with E-state index in [4.69, 9.17) is 11.5 Å². The first-order valence-electron chi connectivity index (χ1n) is 5.14. The van der Waals surface area contributed by atoms with Crippen LogP contribution in [0.2, 0.25) is 0 Å². The quantitative estimate of drug-likeness (QED) is 0.657. The third-order valence-electron chi connectivity index (χ3n) is 3.42. The van der Waals surface area contributed by atoms with Gasteiger partial charge < -0.3 is 11.5 Å². The minimum absolute atomic E-state index is 0.345. The van der Waals surface area contributed by atoms with Crippen molar-refractivity contribution in [2.45, 2.75) is 39.2 Å². The Kier molecular flexibility index (Phi) is 3.53.